The highest BCUT2D eigenvalue weighted by molar-refractivity contribution is 6.35. The van der Waals surface area contributed by atoms with Crippen molar-refractivity contribution in [2.24, 2.45) is 0 Å². The molecule has 0 amide bonds. The highest BCUT2D eigenvalue weighted by atomic mass is 35.5. The predicted octanol–water partition coefficient (Wildman–Crippen LogP) is 6.11. The van der Waals surface area contributed by atoms with E-state index >= 15 is 0 Å². The summed E-state index contributed by atoms with van der Waals surface area (Å²) in [5, 5.41) is 1.47. The second kappa shape index (κ2) is 8.98. The van der Waals surface area contributed by atoms with Gasteiger partial charge in [-0.2, -0.15) is 0 Å². The largest absolute Gasteiger partial charge is 0.454 e. The van der Waals surface area contributed by atoms with Crippen molar-refractivity contribution in [3.05, 3.63) is 87.4 Å². The quantitative estimate of drug-likeness (QED) is 0.341. The lowest BCUT2D eigenvalue weighted by atomic mass is 10.1. The summed E-state index contributed by atoms with van der Waals surface area (Å²) in [4.78, 5) is 16.5. The minimum atomic E-state index is -0.739. The Morgan fingerprint density at radius 3 is 2.41 bits per heavy atom. The standard InChI is InChI=1S/C19H14Cl4N2O2/c20-14-4-1-12(2-5-14)18(19(23)25-8-7-24-11-25)27-17(26)9-13-3-6-15(21)10-16(13)22/h1-8,10-11,18-19H,9H2. The Kier molecular flexibility index (Phi) is 6.66. The van der Waals surface area contributed by atoms with Crippen LogP contribution in [0.15, 0.2) is 61.2 Å². The van der Waals surface area contributed by atoms with Crippen LogP contribution in [0.1, 0.15) is 22.7 Å². The minimum absolute atomic E-state index is 0.00632. The van der Waals surface area contributed by atoms with Crippen molar-refractivity contribution in [3.8, 4) is 0 Å². The number of hydrogen-bond acceptors (Lipinski definition) is 3. The van der Waals surface area contributed by atoms with E-state index in [0.717, 1.165) is 0 Å². The van der Waals surface area contributed by atoms with Gasteiger partial charge >= 0.3 is 5.97 Å². The summed E-state index contributed by atoms with van der Waals surface area (Å²) in [6, 6.07) is 11.9. The maximum atomic E-state index is 12.6. The first-order chi connectivity index (χ1) is 12.9. The van der Waals surface area contributed by atoms with Crippen LogP contribution in [0, 0.1) is 0 Å². The van der Waals surface area contributed by atoms with Crippen molar-refractivity contribution in [3.63, 3.8) is 0 Å². The summed E-state index contributed by atoms with van der Waals surface area (Å²) in [5.41, 5.74) is 0.650. The number of alkyl halides is 1. The van der Waals surface area contributed by atoms with Gasteiger partial charge < -0.3 is 9.30 Å². The number of imidazole rings is 1. The van der Waals surface area contributed by atoms with Gasteiger partial charge in [0, 0.05) is 27.5 Å². The molecule has 0 aliphatic rings. The van der Waals surface area contributed by atoms with Crippen molar-refractivity contribution in [2.45, 2.75) is 18.0 Å². The lowest BCUT2D eigenvalue weighted by Crippen LogP contribution is -2.20. The third-order valence-corrected chi connectivity index (χ3v) is 5.16. The highest BCUT2D eigenvalue weighted by Crippen LogP contribution is 2.34. The van der Waals surface area contributed by atoms with Gasteiger partial charge in [-0.3, -0.25) is 4.79 Å². The number of ether oxygens (including phenoxy) is 1. The molecule has 2 unspecified atom stereocenters. The monoisotopic (exact) mass is 442 g/mol. The summed E-state index contributed by atoms with van der Waals surface area (Å²) in [7, 11) is 0. The summed E-state index contributed by atoms with van der Waals surface area (Å²) in [5.74, 6) is -0.468. The van der Waals surface area contributed by atoms with Gasteiger partial charge in [0.1, 0.15) is 5.50 Å². The van der Waals surface area contributed by atoms with Crippen molar-refractivity contribution in [1.29, 1.82) is 0 Å². The number of halogens is 4. The van der Waals surface area contributed by atoms with Gasteiger partial charge in [0.2, 0.25) is 0 Å². The molecular formula is C19H14Cl4N2O2. The van der Waals surface area contributed by atoms with Crippen molar-refractivity contribution in [2.75, 3.05) is 0 Å². The van der Waals surface area contributed by atoms with Gasteiger partial charge in [0.05, 0.1) is 12.7 Å². The zero-order valence-corrected chi connectivity index (χ0v) is 16.9. The number of nitrogens with zero attached hydrogens (tertiary/aromatic N) is 2. The van der Waals surface area contributed by atoms with E-state index in [2.05, 4.69) is 4.98 Å². The van der Waals surface area contributed by atoms with Crippen molar-refractivity contribution in [1.82, 2.24) is 9.55 Å². The number of esters is 1. The first-order valence-electron chi connectivity index (χ1n) is 7.94. The lowest BCUT2D eigenvalue weighted by molar-refractivity contribution is -0.149. The molecule has 0 aliphatic carbocycles. The summed E-state index contributed by atoms with van der Waals surface area (Å²) in [6.45, 7) is 0. The van der Waals surface area contributed by atoms with Gasteiger partial charge in [-0.1, -0.05) is 64.6 Å². The molecule has 0 fully saturated rings. The Morgan fingerprint density at radius 1 is 1.07 bits per heavy atom. The van der Waals surface area contributed by atoms with E-state index in [-0.39, 0.29) is 6.42 Å². The molecule has 0 saturated heterocycles. The number of benzene rings is 2. The normalized spacial score (nSPS) is 13.2. The summed E-state index contributed by atoms with van der Waals surface area (Å²) >= 11 is 24.5. The molecule has 0 N–H and O–H groups in total. The number of hydrogen-bond donors (Lipinski definition) is 0. The molecule has 3 aromatic rings. The van der Waals surface area contributed by atoms with E-state index in [9.17, 15) is 4.79 Å². The van der Waals surface area contributed by atoms with Crippen LogP contribution in [0.25, 0.3) is 0 Å². The van der Waals surface area contributed by atoms with Crippen LogP contribution in [0.5, 0.6) is 0 Å². The molecule has 3 rings (SSSR count). The smallest absolute Gasteiger partial charge is 0.311 e. The van der Waals surface area contributed by atoms with E-state index in [1.165, 1.54) is 0 Å². The number of aromatic nitrogens is 2. The fourth-order valence-corrected chi connectivity index (χ4v) is 3.42. The maximum Gasteiger partial charge on any atom is 0.311 e. The molecule has 0 radical (unpaired) electrons. The van der Waals surface area contributed by atoms with Crippen molar-refractivity contribution >= 4 is 52.4 Å². The zero-order chi connectivity index (χ0) is 19.4. The molecule has 0 aliphatic heterocycles. The van der Waals surface area contributed by atoms with Crippen LogP contribution < -0.4 is 0 Å². The Balaban J connectivity index is 1.82. The number of carbonyl (C=O) groups excluding carboxylic acids is 1. The topological polar surface area (TPSA) is 44.1 Å². The number of carbonyl (C=O) groups is 1. The molecule has 4 nitrogen and oxygen atoms in total. The maximum absolute atomic E-state index is 12.6. The van der Waals surface area contributed by atoms with Gasteiger partial charge in [-0.25, -0.2) is 4.98 Å². The van der Waals surface area contributed by atoms with Gasteiger partial charge in [0.15, 0.2) is 6.10 Å². The molecule has 140 valence electrons. The molecule has 0 saturated carbocycles. The van der Waals surface area contributed by atoms with E-state index < -0.39 is 17.6 Å². The van der Waals surface area contributed by atoms with Gasteiger partial charge in [0.25, 0.3) is 0 Å². The Bertz CT molecular complexity index is 914. The minimum Gasteiger partial charge on any atom is -0.454 e. The predicted molar refractivity (Wildman–Crippen MR) is 108 cm³/mol. The molecular weight excluding hydrogens is 430 g/mol. The second-order valence-corrected chi connectivity index (χ2v) is 7.48. The molecule has 1 heterocycles. The SMILES string of the molecule is O=C(Cc1ccc(Cl)cc1Cl)OC(c1ccc(Cl)cc1)C(Cl)n1ccnc1. The van der Waals surface area contributed by atoms with Crippen LogP contribution in [-0.2, 0) is 16.0 Å². The second-order valence-electron chi connectivity index (χ2n) is 5.76. The molecule has 2 aromatic carbocycles. The molecule has 2 atom stereocenters. The molecule has 0 bridgehead atoms. The van der Waals surface area contributed by atoms with Gasteiger partial charge in [-0.05, 0) is 35.4 Å². The summed E-state index contributed by atoms with van der Waals surface area (Å²) in [6.07, 6.45) is 4.11. The fraction of sp³-hybridized carbons (Fsp3) is 0.158. The zero-order valence-electron chi connectivity index (χ0n) is 13.9. The third kappa shape index (κ3) is 5.17. The van der Waals surface area contributed by atoms with Crippen LogP contribution in [0.2, 0.25) is 15.1 Å². The molecule has 8 heteroatoms. The van der Waals surface area contributed by atoms with Crippen molar-refractivity contribution < 1.29 is 9.53 Å². The van der Waals surface area contributed by atoms with E-state index in [1.807, 2.05) is 0 Å². The average molecular weight is 444 g/mol. The van der Waals surface area contributed by atoms with E-state index in [1.54, 1.807) is 65.8 Å². The highest BCUT2D eigenvalue weighted by Gasteiger charge is 2.27. The molecule has 0 spiro atoms. The Morgan fingerprint density at radius 2 is 1.78 bits per heavy atom. The Labute approximate surface area is 176 Å². The van der Waals surface area contributed by atoms with E-state index in [4.69, 9.17) is 51.1 Å². The summed E-state index contributed by atoms with van der Waals surface area (Å²) < 4.78 is 7.35. The molecule has 1 aromatic heterocycles. The van der Waals surface area contributed by atoms with Crippen LogP contribution in [-0.4, -0.2) is 15.5 Å². The van der Waals surface area contributed by atoms with Crippen LogP contribution >= 0.6 is 46.4 Å². The first-order valence-corrected chi connectivity index (χ1v) is 9.51. The average Bonchev–Trinajstić information content (AvgIpc) is 3.17. The van der Waals surface area contributed by atoms with Crippen LogP contribution in [0.3, 0.4) is 0 Å². The Hall–Kier alpha value is -1.72. The van der Waals surface area contributed by atoms with E-state index in [0.29, 0.717) is 26.2 Å². The first kappa shape index (κ1) is 20.0. The fourth-order valence-electron chi connectivity index (χ4n) is 2.51. The van der Waals surface area contributed by atoms with Gasteiger partial charge in [-0.15, -0.1) is 0 Å². The lowest BCUT2D eigenvalue weighted by Gasteiger charge is -2.24. The molecule has 27 heavy (non-hydrogen) atoms. The third-order valence-electron chi connectivity index (χ3n) is 3.87. The number of rotatable bonds is 6. The van der Waals surface area contributed by atoms with Crippen LogP contribution in [0.4, 0.5) is 0 Å².